The van der Waals surface area contributed by atoms with Crippen LogP contribution >= 0.6 is 0 Å². The second-order valence-electron chi connectivity index (χ2n) is 5.68. The van der Waals surface area contributed by atoms with E-state index in [1.807, 2.05) is 35.9 Å². The third-order valence-corrected chi connectivity index (χ3v) is 3.94. The van der Waals surface area contributed by atoms with Crippen LogP contribution in [0.4, 0.5) is 14.9 Å². The summed E-state index contributed by atoms with van der Waals surface area (Å²) in [6.45, 7) is 0. The minimum atomic E-state index is -0.536. The molecule has 0 radical (unpaired) electrons. The second-order valence-corrected chi connectivity index (χ2v) is 5.68. The number of rotatable bonds is 5. The van der Waals surface area contributed by atoms with Gasteiger partial charge in [-0.2, -0.15) is 0 Å². The molecular weight excluding hydrogens is 335 g/mol. The van der Waals surface area contributed by atoms with Crippen molar-refractivity contribution >= 4 is 11.7 Å². The lowest BCUT2D eigenvalue weighted by molar-refractivity contribution is 0.249. The average Bonchev–Trinajstić information content (AvgIpc) is 3.07. The Bertz CT molecular complexity index is 910. The Morgan fingerprint density at radius 3 is 2.73 bits per heavy atom. The van der Waals surface area contributed by atoms with E-state index in [2.05, 4.69) is 15.6 Å². The van der Waals surface area contributed by atoms with E-state index in [4.69, 9.17) is 4.74 Å². The summed E-state index contributed by atoms with van der Waals surface area (Å²) in [6, 6.07) is 12.3. The second kappa shape index (κ2) is 7.69. The number of imidazole rings is 1. The van der Waals surface area contributed by atoms with Gasteiger partial charge in [0.1, 0.15) is 23.4 Å². The average molecular weight is 354 g/mol. The Hall–Kier alpha value is -3.35. The van der Waals surface area contributed by atoms with Gasteiger partial charge in [0.05, 0.1) is 12.8 Å². The van der Waals surface area contributed by atoms with Crippen LogP contribution in [-0.2, 0) is 7.05 Å². The fraction of sp³-hybridized carbons (Fsp3) is 0.158. The van der Waals surface area contributed by atoms with Gasteiger partial charge in [-0.1, -0.05) is 24.3 Å². The van der Waals surface area contributed by atoms with Crippen LogP contribution in [-0.4, -0.2) is 22.7 Å². The molecule has 0 spiro atoms. The van der Waals surface area contributed by atoms with Gasteiger partial charge in [0, 0.05) is 19.4 Å². The number of carbonyl (C=O) groups is 1. The number of aryl methyl sites for hydroxylation is 1. The van der Waals surface area contributed by atoms with Crippen molar-refractivity contribution in [3.63, 3.8) is 0 Å². The van der Waals surface area contributed by atoms with Crippen LogP contribution < -0.4 is 15.4 Å². The van der Waals surface area contributed by atoms with Gasteiger partial charge in [0.2, 0.25) is 0 Å². The number of nitrogens with zero attached hydrogens (tertiary/aromatic N) is 2. The van der Waals surface area contributed by atoms with E-state index in [9.17, 15) is 9.18 Å². The van der Waals surface area contributed by atoms with Gasteiger partial charge < -0.3 is 19.9 Å². The molecule has 2 amide bonds. The number of methoxy groups -OCH3 is 1. The third kappa shape index (κ3) is 3.83. The number of aromatic nitrogens is 2. The predicted molar refractivity (Wildman–Crippen MR) is 96.6 cm³/mol. The highest BCUT2D eigenvalue weighted by molar-refractivity contribution is 5.89. The van der Waals surface area contributed by atoms with Crippen molar-refractivity contribution in [1.82, 2.24) is 14.9 Å². The molecule has 0 aliphatic carbocycles. The number of hydrogen-bond acceptors (Lipinski definition) is 3. The van der Waals surface area contributed by atoms with Gasteiger partial charge in [-0.05, 0) is 29.8 Å². The van der Waals surface area contributed by atoms with Crippen LogP contribution in [0.2, 0.25) is 0 Å². The largest absolute Gasteiger partial charge is 0.497 e. The number of amides is 2. The summed E-state index contributed by atoms with van der Waals surface area (Å²) in [6.07, 6.45) is 3.44. The molecule has 1 aromatic heterocycles. The summed E-state index contributed by atoms with van der Waals surface area (Å²) in [5, 5.41) is 5.38. The fourth-order valence-corrected chi connectivity index (χ4v) is 2.63. The van der Waals surface area contributed by atoms with Gasteiger partial charge in [-0.15, -0.1) is 0 Å². The number of nitrogens with one attached hydrogen (secondary N) is 2. The zero-order valence-electron chi connectivity index (χ0n) is 14.4. The standard InChI is InChI=1S/C19H19FN4O2/c1-24-11-10-21-18(24)17(13-6-5-7-14(12-13)26-2)23-19(25)22-16-9-4-3-8-15(16)20/h3-12,17H,1-2H3,(H2,22,23,25)/t17-/m0/s1. The highest BCUT2D eigenvalue weighted by Crippen LogP contribution is 2.24. The van der Waals surface area contributed by atoms with E-state index in [-0.39, 0.29) is 5.69 Å². The van der Waals surface area contributed by atoms with Crippen LogP contribution in [0.5, 0.6) is 5.75 Å². The van der Waals surface area contributed by atoms with Crippen molar-refractivity contribution < 1.29 is 13.9 Å². The quantitative estimate of drug-likeness (QED) is 0.737. The molecule has 3 aromatic rings. The normalized spacial score (nSPS) is 11.7. The first-order chi connectivity index (χ1) is 12.6. The number of anilines is 1. The Morgan fingerprint density at radius 2 is 2.04 bits per heavy atom. The molecular formula is C19H19FN4O2. The van der Waals surface area contributed by atoms with E-state index >= 15 is 0 Å². The van der Waals surface area contributed by atoms with Crippen molar-refractivity contribution in [2.45, 2.75) is 6.04 Å². The Balaban J connectivity index is 1.88. The van der Waals surface area contributed by atoms with Crippen molar-refractivity contribution in [2.24, 2.45) is 7.05 Å². The molecule has 0 bridgehead atoms. The lowest BCUT2D eigenvalue weighted by Crippen LogP contribution is -2.34. The molecule has 134 valence electrons. The number of ether oxygens (including phenoxy) is 1. The topological polar surface area (TPSA) is 68.2 Å². The summed E-state index contributed by atoms with van der Waals surface area (Å²) in [5.41, 5.74) is 0.900. The molecule has 7 heteroatoms. The highest BCUT2D eigenvalue weighted by Gasteiger charge is 2.21. The molecule has 0 aliphatic rings. The Kier molecular flexibility index (Phi) is 5.17. The molecule has 0 saturated heterocycles. The highest BCUT2D eigenvalue weighted by atomic mass is 19.1. The molecule has 6 nitrogen and oxygen atoms in total. The van der Waals surface area contributed by atoms with Gasteiger partial charge in [-0.25, -0.2) is 14.2 Å². The smallest absolute Gasteiger partial charge is 0.320 e. The van der Waals surface area contributed by atoms with Crippen molar-refractivity contribution in [1.29, 1.82) is 0 Å². The molecule has 0 saturated carbocycles. The Labute approximate surface area is 150 Å². The van der Waals surface area contributed by atoms with Crippen LogP contribution in [0.1, 0.15) is 17.4 Å². The predicted octanol–water partition coefficient (Wildman–Crippen LogP) is 3.48. The zero-order valence-corrected chi connectivity index (χ0v) is 14.4. The molecule has 0 aliphatic heterocycles. The van der Waals surface area contributed by atoms with E-state index in [1.165, 1.54) is 12.1 Å². The van der Waals surface area contributed by atoms with Crippen molar-refractivity contribution in [3.8, 4) is 5.75 Å². The maximum atomic E-state index is 13.8. The van der Waals surface area contributed by atoms with Gasteiger partial charge in [0.15, 0.2) is 0 Å². The molecule has 0 unspecified atom stereocenters. The molecule has 3 rings (SSSR count). The van der Waals surface area contributed by atoms with Crippen LogP contribution in [0, 0.1) is 5.82 Å². The van der Waals surface area contributed by atoms with Crippen LogP contribution in [0.25, 0.3) is 0 Å². The number of carbonyl (C=O) groups excluding carboxylic acids is 1. The van der Waals surface area contributed by atoms with E-state index in [0.717, 1.165) is 5.56 Å². The van der Waals surface area contributed by atoms with Gasteiger partial charge in [0.25, 0.3) is 0 Å². The molecule has 26 heavy (non-hydrogen) atoms. The maximum Gasteiger partial charge on any atom is 0.320 e. The first-order valence-electron chi connectivity index (χ1n) is 8.01. The van der Waals surface area contributed by atoms with Crippen molar-refractivity contribution in [3.05, 3.63) is 78.1 Å². The fourth-order valence-electron chi connectivity index (χ4n) is 2.63. The first-order valence-corrected chi connectivity index (χ1v) is 8.01. The molecule has 2 aromatic carbocycles. The van der Waals surface area contributed by atoms with E-state index in [1.54, 1.807) is 31.6 Å². The number of para-hydroxylation sites is 1. The molecule has 1 heterocycles. The molecule has 0 fully saturated rings. The summed E-state index contributed by atoms with van der Waals surface area (Å²) in [4.78, 5) is 16.8. The first kappa shape index (κ1) is 17.5. The summed E-state index contributed by atoms with van der Waals surface area (Å²) in [7, 11) is 3.42. The third-order valence-electron chi connectivity index (χ3n) is 3.94. The lowest BCUT2D eigenvalue weighted by Gasteiger charge is -2.20. The van der Waals surface area contributed by atoms with Crippen LogP contribution in [0.15, 0.2) is 60.9 Å². The summed E-state index contributed by atoms with van der Waals surface area (Å²) < 4.78 is 20.8. The SMILES string of the molecule is COc1cccc([C@H](NC(=O)Nc2ccccc2F)c2nccn2C)c1. The monoisotopic (exact) mass is 354 g/mol. The lowest BCUT2D eigenvalue weighted by atomic mass is 10.1. The van der Waals surface area contributed by atoms with Crippen LogP contribution in [0.3, 0.4) is 0 Å². The number of halogens is 1. The number of urea groups is 1. The van der Waals surface area contributed by atoms with Gasteiger partial charge in [-0.3, -0.25) is 0 Å². The zero-order chi connectivity index (χ0) is 18.5. The summed E-state index contributed by atoms with van der Waals surface area (Å²) >= 11 is 0. The number of benzene rings is 2. The van der Waals surface area contributed by atoms with E-state index in [0.29, 0.717) is 11.6 Å². The number of hydrogen-bond donors (Lipinski definition) is 2. The molecule has 1 atom stereocenters. The van der Waals surface area contributed by atoms with E-state index < -0.39 is 17.9 Å². The minimum absolute atomic E-state index is 0.106. The Morgan fingerprint density at radius 1 is 1.23 bits per heavy atom. The van der Waals surface area contributed by atoms with Crippen molar-refractivity contribution in [2.75, 3.05) is 12.4 Å². The summed E-state index contributed by atoms with van der Waals surface area (Å²) in [5.74, 6) is 0.803. The maximum absolute atomic E-state index is 13.8. The van der Waals surface area contributed by atoms with Gasteiger partial charge >= 0.3 is 6.03 Å². The minimum Gasteiger partial charge on any atom is -0.497 e. The molecule has 2 N–H and O–H groups in total.